The first kappa shape index (κ1) is 12.9. The van der Waals surface area contributed by atoms with E-state index in [9.17, 15) is 0 Å². The van der Waals surface area contributed by atoms with Gasteiger partial charge >= 0.3 is 0 Å². The second-order valence-corrected chi connectivity index (χ2v) is 5.44. The van der Waals surface area contributed by atoms with Gasteiger partial charge in [0, 0.05) is 4.88 Å². The Kier molecular flexibility index (Phi) is 4.15. The Hall–Kier alpha value is -0.120. The molecule has 86 valence electrons. The maximum atomic E-state index is 6.37. The zero-order chi connectivity index (χ0) is 10.2. The number of thiazole rings is 1. The minimum atomic E-state index is -0.0944. The van der Waals surface area contributed by atoms with Crippen LogP contribution in [-0.2, 0) is 12.0 Å². The van der Waals surface area contributed by atoms with Gasteiger partial charge in [0.15, 0.2) is 0 Å². The van der Waals surface area contributed by atoms with Crippen LogP contribution in [0.25, 0.3) is 0 Å². The summed E-state index contributed by atoms with van der Waals surface area (Å²) in [4.78, 5) is 6.02. The van der Waals surface area contributed by atoms with E-state index in [1.807, 2.05) is 0 Å². The summed E-state index contributed by atoms with van der Waals surface area (Å²) in [6, 6.07) is 0. The van der Waals surface area contributed by atoms with E-state index < -0.39 is 0 Å². The Morgan fingerprint density at radius 1 is 1.40 bits per heavy atom. The molecule has 0 saturated heterocycles. The van der Waals surface area contributed by atoms with Gasteiger partial charge in [0.05, 0.1) is 11.2 Å². The number of nitrogens with two attached hydrogens (primary N) is 1. The first-order chi connectivity index (χ1) is 6.65. The Morgan fingerprint density at radius 2 is 2.00 bits per heavy atom. The second-order valence-electron chi connectivity index (χ2n) is 4.24. The summed E-state index contributed by atoms with van der Waals surface area (Å²) in [6.45, 7) is 4.31. The van der Waals surface area contributed by atoms with Gasteiger partial charge < -0.3 is 5.73 Å². The lowest BCUT2D eigenvalue weighted by Crippen LogP contribution is -2.32. The summed E-state index contributed by atoms with van der Waals surface area (Å²) in [6.07, 6.45) is 5.78. The SMILES string of the molecule is CCc1nc(C2(N)CCCC2)sc1C.Cl. The molecule has 2 nitrogen and oxygen atoms in total. The smallest absolute Gasteiger partial charge is 0.113 e. The summed E-state index contributed by atoms with van der Waals surface area (Å²) in [5.74, 6) is 0. The first-order valence-electron chi connectivity index (χ1n) is 5.41. The van der Waals surface area contributed by atoms with Crippen molar-refractivity contribution in [3.8, 4) is 0 Å². The number of aromatic nitrogens is 1. The summed E-state index contributed by atoms with van der Waals surface area (Å²) in [5.41, 5.74) is 7.51. The van der Waals surface area contributed by atoms with Gasteiger partial charge in [0.2, 0.25) is 0 Å². The molecule has 1 aliphatic rings. The summed E-state index contributed by atoms with van der Waals surface area (Å²) >= 11 is 1.80. The van der Waals surface area contributed by atoms with Crippen LogP contribution in [0.5, 0.6) is 0 Å². The van der Waals surface area contributed by atoms with Crippen LogP contribution in [0.4, 0.5) is 0 Å². The van der Waals surface area contributed by atoms with Gasteiger partial charge in [-0.15, -0.1) is 23.7 Å². The number of hydrogen-bond acceptors (Lipinski definition) is 3. The van der Waals surface area contributed by atoms with Crippen LogP contribution in [0.15, 0.2) is 0 Å². The average molecular weight is 247 g/mol. The van der Waals surface area contributed by atoms with Crippen LogP contribution in [0.2, 0.25) is 0 Å². The van der Waals surface area contributed by atoms with Gasteiger partial charge in [-0.2, -0.15) is 0 Å². The Balaban J connectivity index is 0.00000112. The van der Waals surface area contributed by atoms with E-state index in [2.05, 4.69) is 18.8 Å². The lowest BCUT2D eigenvalue weighted by molar-refractivity contribution is 0.458. The highest BCUT2D eigenvalue weighted by Crippen LogP contribution is 2.38. The molecular formula is C11H19ClN2S. The van der Waals surface area contributed by atoms with Crippen molar-refractivity contribution in [1.82, 2.24) is 4.98 Å². The standard InChI is InChI=1S/C11H18N2S.ClH/c1-3-9-8(2)14-10(13-9)11(12)6-4-5-7-11;/h3-7,12H2,1-2H3;1H. The highest BCUT2D eigenvalue weighted by Gasteiger charge is 2.34. The summed E-state index contributed by atoms with van der Waals surface area (Å²) in [7, 11) is 0. The fourth-order valence-corrected chi connectivity index (χ4v) is 3.35. The molecule has 0 unspecified atom stereocenters. The lowest BCUT2D eigenvalue weighted by atomic mass is 10.0. The predicted molar refractivity (Wildman–Crippen MR) is 67.8 cm³/mol. The molecule has 2 N–H and O–H groups in total. The number of hydrogen-bond donors (Lipinski definition) is 1. The van der Waals surface area contributed by atoms with Crippen molar-refractivity contribution in [1.29, 1.82) is 0 Å². The minimum Gasteiger partial charge on any atom is -0.319 e. The van der Waals surface area contributed by atoms with Crippen LogP contribution in [-0.4, -0.2) is 4.98 Å². The van der Waals surface area contributed by atoms with Crippen LogP contribution >= 0.6 is 23.7 Å². The number of nitrogens with zero attached hydrogens (tertiary/aromatic N) is 1. The van der Waals surface area contributed by atoms with Gasteiger partial charge in [-0.3, -0.25) is 0 Å². The van der Waals surface area contributed by atoms with Crippen molar-refractivity contribution in [2.45, 2.75) is 51.5 Å². The third kappa shape index (κ3) is 2.35. The number of aryl methyl sites for hydroxylation is 2. The van der Waals surface area contributed by atoms with E-state index in [0.29, 0.717) is 0 Å². The average Bonchev–Trinajstić information content (AvgIpc) is 2.73. The zero-order valence-corrected chi connectivity index (χ0v) is 11.0. The van der Waals surface area contributed by atoms with Gasteiger partial charge in [0.25, 0.3) is 0 Å². The van der Waals surface area contributed by atoms with Crippen LogP contribution < -0.4 is 5.73 Å². The molecule has 4 heteroatoms. The van der Waals surface area contributed by atoms with E-state index in [1.165, 1.54) is 28.4 Å². The maximum Gasteiger partial charge on any atom is 0.113 e. The molecule has 1 aliphatic carbocycles. The summed E-state index contributed by atoms with van der Waals surface area (Å²) < 4.78 is 0. The molecule has 0 radical (unpaired) electrons. The third-order valence-corrected chi connectivity index (χ3v) is 4.38. The molecule has 1 fully saturated rings. The third-order valence-electron chi connectivity index (χ3n) is 3.15. The van der Waals surface area contributed by atoms with Gasteiger partial charge in [-0.05, 0) is 26.2 Å². The lowest BCUT2D eigenvalue weighted by Gasteiger charge is -2.19. The molecule has 2 rings (SSSR count). The molecular weight excluding hydrogens is 228 g/mol. The fraction of sp³-hybridized carbons (Fsp3) is 0.727. The van der Waals surface area contributed by atoms with Crippen molar-refractivity contribution in [2.24, 2.45) is 5.73 Å². The van der Waals surface area contributed by atoms with Crippen molar-refractivity contribution in [2.75, 3.05) is 0 Å². The van der Waals surface area contributed by atoms with Crippen molar-refractivity contribution < 1.29 is 0 Å². The van der Waals surface area contributed by atoms with Crippen molar-refractivity contribution in [3.05, 3.63) is 15.6 Å². The van der Waals surface area contributed by atoms with Gasteiger partial charge in [-0.1, -0.05) is 19.8 Å². The Morgan fingerprint density at radius 3 is 2.47 bits per heavy atom. The molecule has 1 aromatic heterocycles. The molecule has 0 spiro atoms. The molecule has 1 heterocycles. The van der Waals surface area contributed by atoms with Gasteiger partial charge in [0.1, 0.15) is 5.01 Å². The van der Waals surface area contributed by atoms with E-state index in [0.717, 1.165) is 19.3 Å². The fourth-order valence-electron chi connectivity index (χ4n) is 2.19. The van der Waals surface area contributed by atoms with E-state index in [-0.39, 0.29) is 17.9 Å². The van der Waals surface area contributed by atoms with Crippen molar-refractivity contribution >= 4 is 23.7 Å². The molecule has 0 amide bonds. The summed E-state index contributed by atoms with van der Waals surface area (Å²) in [5, 5.41) is 1.17. The second kappa shape index (κ2) is 4.81. The highest BCUT2D eigenvalue weighted by molar-refractivity contribution is 7.11. The largest absolute Gasteiger partial charge is 0.319 e. The van der Waals surface area contributed by atoms with Crippen molar-refractivity contribution in [3.63, 3.8) is 0 Å². The molecule has 15 heavy (non-hydrogen) atoms. The quantitative estimate of drug-likeness (QED) is 0.871. The molecule has 0 atom stereocenters. The van der Waals surface area contributed by atoms with E-state index in [4.69, 9.17) is 5.73 Å². The molecule has 1 saturated carbocycles. The molecule has 1 aromatic rings. The predicted octanol–water partition coefficient (Wildman–Crippen LogP) is 3.16. The van der Waals surface area contributed by atoms with Crippen LogP contribution in [0, 0.1) is 6.92 Å². The monoisotopic (exact) mass is 246 g/mol. The first-order valence-corrected chi connectivity index (χ1v) is 6.23. The minimum absolute atomic E-state index is 0. The Labute approximate surface area is 102 Å². The van der Waals surface area contributed by atoms with Gasteiger partial charge in [-0.25, -0.2) is 4.98 Å². The molecule has 0 bridgehead atoms. The topological polar surface area (TPSA) is 38.9 Å². The van der Waals surface area contributed by atoms with E-state index >= 15 is 0 Å². The van der Waals surface area contributed by atoms with E-state index in [1.54, 1.807) is 11.3 Å². The molecule has 0 aliphatic heterocycles. The van der Waals surface area contributed by atoms with Crippen LogP contribution in [0.1, 0.15) is 48.2 Å². The normalized spacial score (nSPS) is 18.9. The maximum absolute atomic E-state index is 6.37. The number of halogens is 1. The number of rotatable bonds is 2. The highest BCUT2D eigenvalue weighted by atomic mass is 35.5. The van der Waals surface area contributed by atoms with Crippen LogP contribution in [0.3, 0.4) is 0 Å². The zero-order valence-electron chi connectivity index (χ0n) is 9.38. The molecule has 0 aromatic carbocycles. The Bertz CT molecular complexity index is 329.